The van der Waals surface area contributed by atoms with Gasteiger partial charge in [0.1, 0.15) is 0 Å². The summed E-state index contributed by atoms with van der Waals surface area (Å²) in [6.45, 7) is 6.80. The minimum atomic E-state index is -0.0558. The van der Waals surface area contributed by atoms with Crippen LogP contribution >= 0.6 is 0 Å². The van der Waals surface area contributed by atoms with Gasteiger partial charge in [0.15, 0.2) is 0 Å². The highest BCUT2D eigenvalue weighted by molar-refractivity contribution is 5.92. The Bertz CT molecular complexity index is 588. The van der Waals surface area contributed by atoms with Gasteiger partial charge in [0.25, 0.3) is 0 Å². The highest BCUT2D eigenvalue weighted by atomic mass is 16.2. The molecule has 24 heavy (non-hydrogen) atoms. The van der Waals surface area contributed by atoms with E-state index in [2.05, 4.69) is 10.6 Å². The highest BCUT2D eigenvalue weighted by Gasteiger charge is 2.26. The SMILES string of the molecule is Cc1ccc(NC(=O)CN2CCCC(C(=O)NCCN)C2)cc1C. The van der Waals surface area contributed by atoms with E-state index in [-0.39, 0.29) is 17.7 Å². The van der Waals surface area contributed by atoms with Gasteiger partial charge in [-0.05, 0) is 56.5 Å². The maximum absolute atomic E-state index is 12.3. The van der Waals surface area contributed by atoms with E-state index < -0.39 is 0 Å². The van der Waals surface area contributed by atoms with Crippen LogP contribution in [0.2, 0.25) is 0 Å². The number of carbonyl (C=O) groups is 2. The molecule has 2 amide bonds. The number of benzene rings is 1. The van der Waals surface area contributed by atoms with Crippen LogP contribution in [0.25, 0.3) is 0 Å². The van der Waals surface area contributed by atoms with E-state index in [1.807, 2.05) is 36.9 Å². The first-order valence-electron chi connectivity index (χ1n) is 8.57. The van der Waals surface area contributed by atoms with Gasteiger partial charge < -0.3 is 16.4 Å². The van der Waals surface area contributed by atoms with Crippen LogP contribution in [0.1, 0.15) is 24.0 Å². The lowest BCUT2D eigenvalue weighted by Gasteiger charge is -2.31. The van der Waals surface area contributed by atoms with Crippen molar-refractivity contribution in [1.82, 2.24) is 10.2 Å². The van der Waals surface area contributed by atoms with Crippen LogP contribution in [0.15, 0.2) is 18.2 Å². The minimum absolute atomic E-state index is 0.0405. The molecule has 2 rings (SSSR count). The zero-order valence-corrected chi connectivity index (χ0v) is 14.6. The largest absolute Gasteiger partial charge is 0.355 e. The number of aryl methyl sites for hydroxylation is 2. The van der Waals surface area contributed by atoms with Crippen molar-refractivity contribution in [3.8, 4) is 0 Å². The molecule has 4 N–H and O–H groups in total. The number of nitrogens with one attached hydrogen (secondary N) is 2. The van der Waals surface area contributed by atoms with Crippen molar-refractivity contribution in [3.63, 3.8) is 0 Å². The molecule has 0 radical (unpaired) electrons. The molecule has 1 fully saturated rings. The minimum Gasteiger partial charge on any atom is -0.355 e. The van der Waals surface area contributed by atoms with Gasteiger partial charge in [0, 0.05) is 25.3 Å². The molecule has 132 valence electrons. The Balaban J connectivity index is 1.84. The zero-order chi connectivity index (χ0) is 17.5. The lowest BCUT2D eigenvalue weighted by Crippen LogP contribution is -2.46. The van der Waals surface area contributed by atoms with Crippen LogP contribution in [-0.2, 0) is 9.59 Å². The van der Waals surface area contributed by atoms with Crippen molar-refractivity contribution in [2.45, 2.75) is 26.7 Å². The van der Waals surface area contributed by atoms with Gasteiger partial charge in [-0.15, -0.1) is 0 Å². The summed E-state index contributed by atoms with van der Waals surface area (Å²) in [6.07, 6.45) is 1.79. The third-order valence-corrected chi connectivity index (χ3v) is 4.48. The number of carbonyl (C=O) groups excluding carboxylic acids is 2. The lowest BCUT2D eigenvalue weighted by molar-refractivity contribution is -0.127. The topological polar surface area (TPSA) is 87.5 Å². The van der Waals surface area contributed by atoms with Crippen LogP contribution in [-0.4, -0.2) is 49.4 Å². The molecule has 0 aliphatic carbocycles. The smallest absolute Gasteiger partial charge is 0.238 e. The molecule has 0 saturated carbocycles. The van der Waals surface area contributed by atoms with Gasteiger partial charge in [0.2, 0.25) is 11.8 Å². The highest BCUT2D eigenvalue weighted by Crippen LogP contribution is 2.17. The van der Waals surface area contributed by atoms with Crippen molar-refractivity contribution in [3.05, 3.63) is 29.3 Å². The van der Waals surface area contributed by atoms with Crippen LogP contribution in [0.4, 0.5) is 5.69 Å². The Morgan fingerprint density at radius 3 is 2.79 bits per heavy atom. The number of hydrogen-bond donors (Lipinski definition) is 3. The van der Waals surface area contributed by atoms with E-state index in [1.54, 1.807) is 0 Å². The quantitative estimate of drug-likeness (QED) is 0.726. The van der Waals surface area contributed by atoms with Crippen molar-refractivity contribution in [2.75, 3.05) is 38.0 Å². The molecule has 0 spiro atoms. The van der Waals surface area contributed by atoms with E-state index >= 15 is 0 Å². The summed E-state index contributed by atoms with van der Waals surface area (Å²) in [5, 5.41) is 5.77. The molecule has 6 heteroatoms. The zero-order valence-electron chi connectivity index (χ0n) is 14.6. The Labute approximate surface area is 143 Å². The molecule has 1 atom stereocenters. The molecule has 1 saturated heterocycles. The summed E-state index contributed by atoms with van der Waals surface area (Å²) in [6, 6.07) is 5.90. The third kappa shape index (κ3) is 5.32. The van der Waals surface area contributed by atoms with E-state index in [1.165, 1.54) is 5.56 Å². The van der Waals surface area contributed by atoms with E-state index in [4.69, 9.17) is 5.73 Å². The number of piperidine rings is 1. The molecule has 1 aliphatic heterocycles. The fourth-order valence-corrected chi connectivity index (χ4v) is 2.98. The molecule has 1 aliphatic rings. The van der Waals surface area contributed by atoms with Gasteiger partial charge in [-0.1, -0.05) is 6.07 Å². The number of nitrogens with two attached hydrogens (primary N) is 1. The summed E-state index contributed by atoms with van der Waals surface area (Å²) in [4.78, 5) is 26.4. The summed E-state index contributed by atoms with van der Waals surface area (Å²) >= 11 is 0. The van der Waals surface area contributed by atoms with Gasteiger partial charge >= 0.3 is 0 Å². The average molecular weight is 332 g/mol. The van der Waals surface area contributed by atoms with Crippen LogP contribution in [0.5, 0.6) is 0 Å². The van der Waals surface area contributed by atoms with Gasteiger partial charge in [0.05, 0.1) is 12.5 Å². The predicted molar refractivity (Wildman–Crippen MR) is 95.8 cm³/mol. The van der Waals surface area contributed by atoms with Crippen LogP contribution < -0.4 is 16.4 Å². The monoisotopic (exact) mass is 332 g/mol. The molecule has 1 aromatic rings. The fraction of sp³-hybridized carbons (Fsp3) is 0.556. The molecular formula is C18H28N4O2. The number of likely N-dealkylation sites (tertiary alicyclic amines) is 1. The van der Waals surface area contributed by atoms with Crippen molar-refractivity contribution < 1.29 is 9.59 Å². The fourth-order valence-electron chi connectivity index (χ4n) is 2.98. The normalized spacial score (nSPS) is 18.2. The summed E-state index contributed by atoms with van der Waals surface area (Å²) in [5.41, 5.74) is 8.59. The Kier molecular flexibility index (Phi) is 6.75. The first-order chi connectivity index (χ1) is 11.5. The number of amides is 2. The number of anilines is 1. The summed E-state index contributed by atoms with van der Waals surface area (Å²) in [5.74, 6) is -0.0549. The van der Waals surface area contributed by atoms with Crippen molar-refractivity contribution >= 4 is 17.5 Å². The Hall–Kier alpha value is -1.92. The van der Waals surface area contributed by atoms with E-state index in [9.17, 15) is 9.59 Å². The number of nitrogens with zero attached hydrogens (tertiary/aromatic N) is 1. The lowest BCUT2D eigenvalue weighted by atomic mass is 9.97. The van der Waals surface area contributed by atoms with E-state index in [0.29, 0.717) is 26.2 Å². The maximum atomic E-state index is 12.3. The molecular weight excluding hydrogens is 304 g/mol. The first-order valence-corrected chi connectivity index (χ1v) is 8.57. The van der Waals surface area contributed by atoms with Crippen LogP contribution in [0.3, 0.4) is 0 Å². The van der Waals surface area contributed by atoms with Gasteiger partial charge in [-0.25, -0.2) is 0 Å². The molecule has 1 heterocycles. The third-order valence-electron chi connectivity index (χ3n) is 4.48. The first kappa shape index (κ1) is 18.4. The molecule has 0 bridgehead atoms. The Morgan fingerprint density at radius 2 is 2.08 bits per heavy atom. The maximum Gasteiger partial charge on any atom is 0.238 e. The van der Waals surface area contributed by atoms with Gasteiger partial charge in [-0.2, -0.15) is 0 Å². The van der Waals surface area contributed by atoms with Crippen molar-refractivity contribution in [1.29, 1.82) is 0 Å². The average Bonchev–Trinajstić information content (AvgIpc) is 2.56. The van der Waals surface area contributed by atoms with Crippen molar-refractivity contribution in [2.24, 2.45) is 11.7 Å². The second kappa shape index (κ2) is 8.80. The number of rotatable bonds is 6. The van der Waals surface area contributed by atoms with Gasteiger partial charge in [-0.3, -0.25) is 14.5 Å². The molecule has 1 unspecified atom stereocenters. The standard InChI is InChI=1S/C18H28N4O2/c1-13-5-6-16(10-14(13)2)21-17(23)12-22-9-3-4-15(11-22)18(24)20-8-7-19/h5-6,10,15H,3-4,7-9,11-12,19H2,1-2H3,(H,20,24)(H,21,23). The predicted octanol–water partition coefficient (Wildman–Crippen LogP) is 1.03. The summed E-state index contributed by atoms with van der Waals surface area (Å²) < 4.78 is 0. The number of hydrogen-bond acceptors (Lipinski definition) is 4. The molecule has 0 aromatic heterocycles. The van der Waals surface area contributed by atoms with E-state index in [0.717, 1.165) is 30.6 Å². The van der Waals surface area contributed by atoms with Crippen LogP contribution in [0, 0.1) is 19.8 Å². The second-order valence-corrected chi connectivity index (χ2v) is 6.50. The molecule has 6 nitrogen and oxygen atoms in total. The molecule has 1 aromatic carbocycles. The summed E-state index contributed by atoms with van der Waals surface area (Å²) in [7, 11) is 0. The second-order valence-electron chi connectivity index (χ2n) is 6.50. The Morgan fingerprint density at radius 1 is 1.29 bits per heavy atom.